The summed E-state index contributed by atoms with van der Waals surface area (Å²) in [6.07, 6.45) is -1.64. The van der Waals surface area contributed by atoms with E-state index in [1.54, 1.807) is 12.1 Å². The van der Waals surface area contributed by atoms with Crippen LogP contribution in [0.15, 0.2) is 29.9 Å². The molecule has 120 valence electrons. The number of hydrogen-bond donors (Lipinski definition) is 1. The molecule has 0 saturated heterocycles. The Bertz CT molecular complexity index is 657. The number of hydrogen-bond acceptors (Lipinski definition) is 1. The van der Waals surface area contributed by atoms with Crippen molar-refractivity contribution in [3.05, 3.63) is 46.6 Å². The van der Waals surface area contributed by atoms with E-state index in [4.69, 9.17) is 0 Å². The van der Waals surface area contributed by atoms with E-state index in [0.29, 0.717) is 17.0 Å². The SMILES string of the molecule is CC(C)(C)c1cc(CBr)c(O)c(C2=C(F)C=C(F)CC2F)c1. The minimum atomic E-state index is -1.81. The number of phenols is 1. The zero-order chi connectivity index (χ0) is 16.7. The van der Waals surface area contributed by atoms with Gasteiger partial charge in [-0.05, 0) is 17.0 Å². The number of halogens is 4. The van der Waals surface area contributed by atoms with Gasteiger partial charge in [-0.25, -0.2) is 13.2 Å². The van der Waals surface area contributed by atoms with Crippen molar-refractivity contribution in [3.8, 4) is 5.75 Å². The van der Waals surface area contributed by atoms with Gasteiger partial charge in [-0.1, -0.05) is 42.8 Å². The minimum absolute atomic E-state index is 0.0932. The van der Waals surface area contributed by atoms with Gasteiger partial charge in [-0.2, -0.15) is 0 Å². The summed E-state index contributed by atoms with van der Waals surface area (Å²) in [4.78, 5) is 0. The van der Waals surface area contributed by atoms with Crippen LogP contribution < -0.4 is 0 Å². The van der Waals surface area contributed by atoms with Crippen molar-refractivity contribution in [2.45, 2.75) is 44.1 Å². The van der Waals surface area contributed by atoms with Crippen molar-refractivity contribution in [2.24, 2.45) is 0 Å². The summed E-state index contributed by atoms with van der Waals surface area (Å²) in [7, 11) is 0. The lowest BCUT2D eigenvalue weighted by Gasteiger charge is -2.24. The van der Waals surface area contributed by atoms with Crippen molar-refractivity contribution < 1.29 is 18.3 Å². The fourth-order valence-corrected chi connectivity index (χ4v) is 2.86. The van der Waals surface area contributed by atoms with Gasteiger partial charge in [-0.15, -0.1) is 0 Å². The van der Waals surface area contributed by atoms with Gasteiger partial charge in [0.2, 0.25) is 0 Å². The number of aromatic hydroxyl groups is 1. The van der Waals surface area contributed by atoms with E-state index in [-0.39, 0.29) is 22.3 Å². The van der Waals surface area contributed by atoms with Gasteiger partial charge in [0.25, 0.3) is 0 Å². The number of allylic oxidation sites excluding steroid dienone is 4. The zero-order valence-corrected chi connectivity index (χ0v) is 14.3. The summed E-state index contributed by atoms with van der Waals surface area (Å²) in [6, 6.07) is 3.39. The predicted molar refractivity (Wildman–Crippen MR) is 86.2 cm³/mol. The van der Waals surface area contributed by atoms with E-state index in [9.17, 15) is 18.3 Å². The first-order valence-electron chi connectivity index (χ1n) is 6.97. The topological polar surface area (TPSA) is 20.2 Å². The van der Waals surface area contributed by atoms with Gasteiger partial charge in [0.15, 0.2) is 0 Å². The molecule has 2 rings (SSSR count). The zero-order valence-electron chi connectivity index (χ0n) is 12.7. The average Bonchev–Trinajstić information content (AvgIpc) is 2.38. The van der Waals surface area contributed by atoms with E-state index in [2.05, 4.69) is 15.9 Å². The van der Waals surface area contributed by atoms with E-state index >= 15 is 0 Å². The Morgan fingerprint density at radius 1 is 1.27 bits per heavy atom. The molecule has 1 aliphatic rings. The van der Waals surface area contributed by atoms with E-state index < -0.39 is 24.2 Å². The molecule has 1 aliphatic carbocycles. The van der Waals surface area contributed by atoms with Crippen LogP contribution in [0.4, 0.5) is 13.2 Å². The standard InChI is InChI=1S/C17H18BrF3O/c1-17(2,3)10-4-9(8-18)16(22)12(5-10)15-13(20)6-11(19)7-14(15)21/h4-6,14,22H,7-8H2,1-3H3. The molecule has 1 aromatic rings. The Hall–Kier alpha value is -1.23. The second kappa shape index (κ2) is 6.11. The van der Waals surface area contributed by atoms with Crippen LogP contribution in [0.3, 0.4) is 0 Å². The molecule has 1 unspecified atom stereocenters. The predicted octanol–water partition coefficient (Wildman–Crippen LogP) is 5.86. The van der Waals surface area contributed by atoms with Crippen molar-refractivity contribution in [1.29, 1.82) is 0 Å². The fourth-order valence-electron chi connectivity index (χ4n) is 2.43. The van der Waals surface area contributed by atoms with Crippen molar-refractivity contribution in [1.82, 2.24) is 0 Å². The van der Waals surface area contributed by atoms with Crippen LogP contribution in [-0.2, 0) is 10.7 Å². The van der Waals surface area contributed by atoms with E-state index in [1.807, 2.05) is 20.8 Å². The van der Waals surface area contributed by atoms with Crippen LogP contribution in [0.1, 0.15) is 43.9 Å². The summed E-state index contributed by atoms with van der Waals surface area (Å²) in [5.74, 6) is -1.98. The van der Waals surface area contributed by atoms with Gasteiger partial charge in [0.1, 0.15) is 23.6 Å². The Morgan fingerprint density at radius 3 is 2.41 bits per heavy atom. The molecule has 1 atom stereocenters. The van der Waals surface area contributed by atoms with E-state index in [1.165, 1.54) is 0 Å². The average molecular weight is 375 g/mol. The Morgan fingerprint density at radius 2 is 1.91 bits per heavy atom. The molecule has 1 N–H and O–H groups in total. The van der Waals surface area contributed by atoms with Gasteiger partial charge >= 0.3 is 0 Å². The highest BCUT2D eigenvalue weighted by atomic mass is 79.9. The largest absolute Gasteiger partial charge is 0.507 e. The molecule has 0 fully saturated rings. The molecule has 0 saturated carbocycles. The minimum Gasteiger partial charge on any atom is -0.507 e. The second-order valence-electron chi connectivity index (χ2n) is 6.44. The van der Waals surface area contributed by atoms with E-state index in [0.717, 1.165) is 5.56 Å². The van der Waals surface area contributed by atoms with Crippen molar-refractivity contribution in [3.63, 3.8) is 0 Å². The van der Waals surface area contributed by atoms with Crippen LogP contribution in [0.25, 0.3) is 5.57 Å². The lowest BCUT2D eigenvalue weighted by Crippen LogP contribution is -2.15. The number of alkyl halides is 2. The maximum Gasteiger partial charge on any atom is 0.135 e. The van der Waals surface area contributed by atoms with Crippen molar-refractivity contribution >= 4 is 21.5 Å². The van der Waals surface area contributed by atoms with Crippen molar-refractivity contribution in [2.75, 3.05) is 0 Å². The van der Waals surface area contributed by atoms with Crippen LogP contribution in [0, 0.1) is 0 Å². The molecule has 0 spiro atoms. The first-order valence-corrected chi connectivity index (χ1v) is 8.09. The van der Waals surface area contributed by atoms with Crippen LogP contribution in [0.5, 0.6) is 5.75 Å². The monoisotopic (exact) mass is 374 g/mol. The summed E-state index contributed by atoms with van der Waals surface area (Å²) in [5.41, 5.74) is 0.947. The molecule has 0 aliphatic heterocycles. The Labute approximate surface area is 136 Å². The first kappa shape index (κ1) is 17.1. The molecule has 1 aromatic carbocycles. The molecule has 1 nitrogen and oxygen atoms in total. The Balaban J connectivity index is 2.72. The summed E-state index contributed by atoms with van der Waals surface area (Å²) >= 11 is 3.27. The van der Waals surface area contributed by atoms with Gasteiger partial charge in [-0.3, -0.25) is 0 Å². The third kappa shape index (κ3) is 3.24. The number of benzene rings is 1. The highest BCUT2D eigenvalue weighted by Crippen LogP contribution is 2.42. The molecule has 22 heavy (non-hydrogen) atoms. The lowest BCUT2D eigenvalue weighted by atomic mass is 9.82. The molecule has 0 bridgehead atoms. The molecular formula is C17H18BrF3O. The molecule has 5 heteroatoms. The maximum absolute atomic E-state index is 14.2. The smallest absolute Gasteiger partial charge is 0.135 e. The summed E-state index contributed by atoms with van der Waals surface area (Å²) in [5, 5.41) is 10.7. The summed E-state index contributed by atoms with van der Waals surface area (Å²) in [6.45, 7) is 5.91. The maximum atomic E-state index is 14.2. The van der Waals surface area contributed by atoms with Crippen LogP contribution >= 0.6 is 15.9 Å². The fraction of sp³-hybridized carbons (Fsp3) is 0.412. The third-order valence-electron chi connectivity index (χ3n) is 3.72. The highest BCUT2D eigenvalue weighted by molar-refractivity contribution is 9.08. The van der Waals surface area contributed by atoms with Gasteiger partial charge < -0.3 is 5.11 Å². The second-order valence-corrected chi connectivity index (χ2v) is 7.00. The van der Waals surface area contributed by atoms with Crippen LogP contribution in [0.2, 0.25) is 0 Å². The third-order valence-corrected chi connectivity index (χ3v) is 4.32. The highest BCUT2D eigenvalue weighted by Gasteiger charge is 2.29. The molecule has 0 radical (unpaired) electrons. The molecule has 0 heterocycles. The van der Waals surface area contributed by atoms with Gasteiger partial charge in [0.05, 0.1) is 0 Å². The Kier molecular flexibility index (Phi) is 4.76. The summed E-state index contributed by atoms with van der Waals surface area (Å²) < 4.78 is 41.4. The molecule has 0 amide bonds. The quantitative estimate of drug-likeness (QED) is 0.642. The lowest BCUT2D eigenvalue weighted by molar-refractivity contribution is 0.369. The first-order chi connectivity index (χ1) is 10.1. The number of rotatable bonds is 2. The molecule has 0 aromatic heterocycles. The normalized spacial score (nSPS) is 19.4. The molecular weight excluding hydrogens is 357 g/mol. The number of phenolic OH excluding ortho intramolecular Hbond substituents is 1. The van der Waals surface area contributed by atoms with Crippen LogP contribution in [-0.4, -0.2) is 11.3 Å². The van der Waals surface area contributed by atoms with Gasteiger partial charge in [0, 0.05) is 34.5 Å².